The van der Waals surface area contributed by atoms with Gasteiger partial charge in [0, 0.05) is 29.3 Å². The summed E-state index contributed by atoms with van der Waals surface area (Å²) in [4.78, 5) is 4.48. The number of hydrogen-bond acceptors (Lipinski definition) is 3. The van der Waals surface area contributed by atoms with Gasteiger partial charge in [0.25, 0.3) is 0 Å². The fourth-order valence-electron chi connectivity index (χ4n) is 1.64. The number of aromatic nitrogens is 1. The van der Waals surface area contributed by atoms with Crippen molar-refractivity contribution in [3.8, 4) is 0 Å². The minimum Gasteiger partial charge on any atom is -0.396 e. The minimum absolute atomic E-state index is 0.175. The minimum atomic E-state index is 0.175. The SMILES string of the molecule is OCCc1csc(CCc2cccc(Br)c2)n1. The summed E-state index contributed by atoms with van der Waals surface area (Å²) >= 11 is 5.15. The third-order valence-electron chi connectivity index (χ3n) is 2.48. The van der Waals surface area contributed by atoms with E-state index in [9.17, 15) is 0 Å². The first kappa shape index (κ1) is 12.7. The van der Waals surface area contributed by atoms with Crippen LogP contribution in [-0.4, -0.2) is 16.7 Å². The molecular formula is C13H14BrNOS. The third kappa shape index (κ3) is 3.91. The van der Waals surface area contributed by atoms with E-state index in [0.29, 0.717) is 6.42 Å². The molecule has 0 saturated carbocycles. The zero-order chi connectivity index (χ0) is 12.1. The predicted molar refractivity (Wildman–Crippen MR) is 74.5 cm³/mol. The molecule has 0 aliphatic rings. The normalized spacial score (nSPS) is 10.7. The van der Waals surface area contributed by atoms with Gasteiger partial charge in [0.2, 0.25) is 0 Å². The number of benzene rings is 1. The lowest BCUT2D eigenvalue weighted by atomic mass is 10.1. The van der Waals surface area contributed by atoms with Crippen LogP contribution in [0.1, 0.15) is 16.3 Å². The molecule has 1 aromatic carbocycles. The molecule has 2 rings (SSSR count). The van der Waals surface area contributed by atoms with Crippen LogP contribution in [0.5, 0.6) is 0 Å². The van der Waals surface area contributed by atoms with Gasteiger partial charge in [-0.05, 0) is 24.1 Å². The van der Waals surface area contributed by atoms with Crippen molar-refractivity contribution in [2.24, 2.45) is 0 Å². The molecule has 17 heavy (non-hydrogen) atoms. The average Bonchev–Trinajstić information content (AvgIpc) is 2.75. The Labute approximate surface area is 113 Å². The highest BCUT2D eigenvalue weighted by molar-refractivity contribution is 9.10. The van der Waals surface area contributed by atoms with Gasteiger partial charge in [-0.1, -0.05) is 28.1 Å². The number of thiazole rings is 1. The summed E-state index contributed by atoms with van der Waals surface area (Å²) in [5.41, 5.74) is 2.32. The van der Waals surface area contributed by atoms with E-state index in [2.05, 4.69) is 39.1 Å². The van der Waals surface area contributed by atoms with Gasteiger partial charge >= 0.3 is 0 Å². The summed E-state index contributed by atoms with van der Waals surface area (Å²) in [5.74, 6) is 0. The van der Waals surface area contributed by atoms with E-state index in [4.69, 9.17) is 5.11 Å². The summed E-state index contributed by atoms with van der Waals surface area (Å²) in [6.07, 6.45) is 2.63. The van der Waals surface area contributed by atoms with E-state index in [1.807, 2.05) is 11.4 Å². The zero-order valence-electron chi connectivity index (χ0n) is 9.40. The maximum atomic E-state index is 8.83. The van der Waals surface area contributed by atoms with Gasteiger partial charge in [-0.25, -0.2) is 4.98 Å². The maximum Gasteiger partial charge on any atom is 0.0931 e. The smallest absolute Gasteiger partial charge is 0.0931 e. The van der Waals surface area contributed by atoms with Crippen molar-refractivity contribution >= 4 is 27.3 Å². The Kier molecular flexibility index (Phi) is 4.71. The molecule has 0 saturated heterocycles. The van der Waals surface area contributed by atoms with E-state index in [1.165, 1.54) is 5.56 Å². The van der Waals surface area contributed by atoms with Crippen LogP contribution in [-0.2, 0) is 19.3 Å². The van der Waals surface area contributed by atoms with Gasteiger partial charge in [-0.3, -0.25) is 0 Å². The molecule has 1 N–H and O–H groups in total. The molecular weight excluding hydrogens is 298 g/mol. The first-order valence-electron chi connectivity index (χ1n) is 5.56. The number of rotatable bonds is 5. The van der Waals surface area contributed by atoms with Crippen molar-refractivity contribution in [3.05, 3.63) is 50.4 Å². The Morgan fingerprint density at radius 3 is 2.88 bits per heavy atom. The Balaban J connectivity index is 1.93. The second-order valence-corrected chi connectivity index (χ2v) is 5.69. The molecule has 2 aromatic rings. The van der Waals surface area contributed by atoms with Crippen LogP contribution in [0.2, 0.25) is 0 Å². The number of aliphatic hydroxyl groups excluding tert-OH is 1. The molecule has 90 valence electrons. The van der Waals surface area contributed by atoms with Crippen molar-refractivity contribution < 1.29 is 5.11 Å². The number of aliphatic hydroxyl groups is 1. The summed E-state index contributed by atoms with van der Waals surface area (Å²) in [7, 11) is 0. The number of halogens is 1. The van der Waals surface area contributed by atoms with Crippen molar-refractivity contribution in [2.45, 2.75) is 19.3 Å². The van der Waals surface area contributed by atoms with Gasteiger partial charge < -0.3 is 5.11 Å². The van der Waals surface area contributed by atoms with Gasteiger partial charge in [0.05, 0.1) is 10.7 Å². The van der Waals surface area contributed by atoms with Gasteiger partial charge in [0.1, 0.15) is 0 Å². The predicted octanol–water partition coefficient (Wildman–Crippen LogP) is 3.23. The lowest BCUT2D eigenvalue weighted by Gasteiger charge is -1.99. The summed E-state index contributed by atoms with van der Waals surface area (Å²) < 4.78 is 1.12. The number of nitrogens with zero attached hydrogens (tertiary/aromatic N) is 1. The summed E-state index contributed by atoms with van der Waals surface area (Å²) in [5, 5.41) is 12.0. The van der Waals surface area contributed by atoms with Crippen molar-refractivity contribution in [3.63, 3.8) is 0 Å². The number of hydrogen-bond donors (Lipinski definition) is 1. The lowest BCUT2D eigenvalue weighted by molar-refractivity contribution is 0.298. The Morgan fingerprint density at radius 2 is 2.12 bits per heavy atom. The van der Waals surface area contributed by atoms with Gasteiger partial charge in [-0.2, -0.15) is 0 Å². The molecule has 4 heteroatoms. The van der Waals surface area contributed by atoms with Crippen LogP contribution in [0.15, 0.2) is 34.1 Å². The molecule has 2 nitrogen and oxygen atoms in total. The second-order valence-electron chi connectivity index (χ2n) is 3.84. The first-order valence-corrected chi connectivity index (χ1v) is 7.24. The molecule has 0 unspecified atom stereocenters. The second kappa shape index (κ2) is 6.28. The molecule has 1 heterocycles. The molecule has 1 aromatic heterocycles. The Bertz CT molecular complexity index is 484. The van der Waals surface area contributed by atoms with Crippen molar-refractivity contribution in [2.75, 3.05) is 6.61 Å². The van der Waals surface area contributed by atoms with Crippen LogP contribution >= 0.6 is 27.3 Å². The molecule has 0 spiro atoms. The molecule has 0 radical (unpaired) electrons. The topological polar surface area (TPSA) is 33.1 Å². The number of aryl methyl sites for hydroxylation is 2. The van der Waals surface area contributed by atoms with Crippen LogP contribution in [0.25, 0.3) is 0 Å². The van der Waals surface area contributed by atoms with E-state index in [1.54, 1.807) is 11.3 Å². The standard InChI is InChI=1S/C13H14BrNOS/c14-11-3-1-2-10(8-11)4-5-13-15-12(6-7-16)9-17-13/h1-3,8-9,16H,4-7H2. The highest BCUT2D eigenvalue weighted by Crippen LogP contribution is 2.16. The Morgan fingerprint density at radius 1 is 1.24 bits per heavy atom. The quantitative estimate of drug-likeness (QED) is 0.919. The van der Waals surface area contributed by atoms with E-state index >= 15 is 0 Å². The van der Waals surface area contributed by atoms with Crippen LogP contribution in [0.3, 0.4) is 0 Å². The van der Waals surface area contributed by atoms with Crippen LogP contribution < -0.4 is 0 Å². The van der Waals surface area contributed by atoms with Crippen LogP contribution in [0, 0.1) is 0 Å². The van der Waals surface area contributed by atoms with Crippen molar-refractivity contribution in [1.29, 1.82) is 0 Å². The van der Waals surface area contributed by atoms with E-state index < -0.39 is 0 Å². The average molecular weight is 312 g/mol. The summed E-state index contributed by atoms with van der Waals surface area (Å²) in [6.45, 7) is 0.175. The van der Waals surface area contributed by atoms with Crippen molar-refractivity contribution in [1.82, 2.24) is 4.98 Å². The largest absolute Gasteiger partial charge is 0.396 e. The molecule has 0 bridgehead atoms. The maximum absolute atomic E-state index is 8.83. The third-order valence-corrected chi connectivity index (χ3v) is 3.93. The van der Waals surface area contributed by atoms with E-state index in [-0.39, 0.29) is 6.61 Å². The van der Waals surface area contributed by atoms with Crippen LogP contribution in [0.4, 0.5) is 0 Å². The fraction of sp³-hybridized carbons (Fsp3) is 0.308. The lowest BCUT2D eigenvalue weighted by Crippen LogP contribution is -1.93. The fourth-order valence-corrected chi connectivity index (χ4v) is 2.92. The molecule has 0 atom stereocenters. The van der Waals surface area contributed by atoms with Gasteiger partial charge in [-0.15, -0.1) is 11.3 Å². The van der Waals surface area contributed by atoms with Gasteiger partial charge in [0.15, 0.2) is 0 Å². The highest BCUT2D eigenvalue weighted by atomic mass is 79.9. The molecule has 0 fully saturated rings. The molecule has 0 aliphatic carbocycles. The molecule has 0 aliphatic heterocycles. The Hall–Kier alpha value is -0.710. The monoisotopic (exact) mass is 311 g/mol. The summed E-state index contributed by atoms with van der Waals surface area (Å²) in [6, 6.07) is 8.36. The highest BCUT2D eigenvalue weighted by Gasteiger charge is 2.02. The van der Waals surface area contributed by atoms with E-state index in [0.717, 1.165) is 28.0 Å². The first-order chi connectivity index (χ1) is 8.28. The zero-order valence-corrected chi connectivity index (χ0v) is 11.8. The molecule has 0 amide bonds.